The molecule has 2 aliphatic carbocycles. The Morgan fingerprint density at radius 3 is 2.60 bits per heavy atom. The van der Waals surface area contributed by atoms with Crippen molar-refractivity contribution in [2.75, 3.05) is 26.8 Å². The van der Waals surface area contributed by atoms with E-state index in [1.165, 1.54) is 38.5 Å². The van der Waals surface area contributed by atoms with E-state index < -0.39 is 0 Å². The molecule has 2 rings (SSSR count). The second kappa shape index (κ2) is 7.24. The molecule has 2 unspecified atom stereocenters. The van der Waals surface area contributed by atoms with Gasteiger partial charge in [0.15, 0.2) is 0 Å². The smallest absolute Gasteiger partial charge is 0.0589 e. The molecule has 3 nitrogen and oxygen atoms in total. The summed E-state index contributed by atoms with van der Waals surface area (Å²) >= 11 is 0. The molecule has 2 fully saturated rings. The van der Waals surface area contributed by atoms with E-state index in [0.717, 1.165) is 25.7 Å². The zero-order valence-corrected chi connectivity index (χ0v) is 14.0. The fourth-order valence-electron chi connectivity index (χ4n) is 3.90. The second-order valence-electron chi connectivity index (χ2n) is 7.34. The lowest BCUT2D eigenvalue weighted by Gasteiger charge is -2.49. The molecule has 20 heavy (non-hydrogen) atoms. The summed E-state index contributed by atoms with van der Waals surface area (Å²) in [6.45, 7) is 10.3. The fourth-order valence-corrected chi connectivity index (χ4v) is 3.90. The van der Waals surface area contributed by atoms with E-state index in [9.17, 15) is 0 Å². The minimum absolute atomic E-state index is 0.415. The monoisotopic (exact) mass is 282 g/mol. The highest BCUT2D eigenvalue weighted by Gasteiger charge is 2.44. The number of hydrogen-bond acceptors (Lipinski definition) is 3. The summed E-state index contributed by atoms with van der Waals surface area (Å²) < 4.78 is 5.35. The topological polar surface area (TPSA) is 24.5 Å². The van der Waals surface area contributed by atoms with Crippen LogP contribution in [0.15, 0.2) is 0 Å². The Morgan fingerprint density at radius 2 is 2.00 bits per heavy atom. The molecule has 0 bridgehead atoms. The highest BCUT2D eigenvalue weighted by atomic mass is 16.5. The first kappa shape index (κ1) is 16.3. The third kappa shape index (κ3) is 3.96. The first-order valence-electron chi connectivity index (χ1n) is 8.58. The molecule has 0 radical (unpaired) electrons. The van der Waals surface area contributed by atoms with Gasteiger partial charge in [-0.2, -0.15) is 0 Å². The van der Waals surface area contributed by atoms with Gasteiger partial charge in [0.05, 0.1) is 6.61 Å². The minimum atomic E-state index is 0.415. The van der Waals surface area contributed by atoms with E-state index in [0.29, 0.717) is 17.5 Å². The third-order valence-electron chi connectivity index (χ3n) is 5.16. The van der Waals surface area contributed by atoms with E-state index in [4.69, 9.17) is 4.74 Å². The molecule has 118 valence electrons. The van der Waals surface area contributed by atoms with Gasteiger partial charge in [0.1, 0.15) is 0 Å². The molecular weight excluding hydrogens is 248 g/mol. The fraction of sp³-hybridized carbons (Fsp3) is 1.00. The summed E-state index contributed by atoms with van der Waals surface area (Å²) in [6, 6.07) is 2.16. The maximum absolute atomic E-state index is 5.35. The van der Waals surface area contributed by atoms with Crippen LogP contribution in [0.2, 0.25) is 0 Å². The van der Waals surface area contributed by atoms with Crippen LogP contribution in [0, 0.1) is 5.41 Å². The number of rotatable bonds is 8. The van der Waals surface area contributed by atoms with Gasteiger partial charge in [-0.1, -0.05) is 27.2 Å². The normalized spacial score (nSPS) is 29.9. The molecule has 0 amide bonds. The molecule has 3 heteroatoms. The molecule has 0 aromatic carbocycles. The van der Waals surface area contributed by atoms with Crippen LogP contribution in [0.5, 0.6) is 0 Å². The molecule has 0 heterocycles. The molecule has 0 aliphatic heterocycles. The minimum Gasteiger partial charge on any atom is -0.383 e. The second-order valence-corrected chi connectivity index (χ2v) is 7.34. The zero-order valence-electron chi connectivity index (χ0n) is 14.0. The number of hydrogen-bond donors (Lipinski definition) is 1. The standard InChI is InChI=1S/C17H34N2O/c1-5-11-18-16-15(7-6-10-17(16,2)3)19(12-13-20-4)14-8-9-14/h14-16,18H,5-13H2,1-4H3. The summed E-state index contributed by atoms with van der Waals surface area (Å²) in [5, 5.41) is 3.87. The third-order valence-corrected chi connectivity index (χ3v) is 5.16. The predicted octanol–water partition coefficient (Wildman–Crippen LogP) is 3.04. The van der Waals surface area contributed by atoms with Gasteiger partial charge in [-0.3, -0.25) is 4.90 Å². The molecule has 1 N–H and O–H groups in total. The lowest BCUT2D eigenvalue weighted by Crippen LogP contribution is -2.60. The van der Waals surface area contributed by atoms with Gasteiger partial charge in [-0.15, -0.1) is 0 Å². The predicted molar refractivity (Wildman–Crippen MR) is 85.1 cm³/mol. The highest BCUT2D eigenvalue weighted by Crippen LogP contribution is 2.41. The van der Waals surface area contributed by atoms with E-state index in [1.54, 1.807) is 0 Å². The summed E-state index contributed by atoms with van der Waals surface area (Å²) in [5.41, 5.74) is 0.415. The van der Waals surface area contributed by atoms with Crippen LogP contribution in [0.1, 0.15) is 59.3 Å². The van der Waals surface area contributed by atoms with Crippen molar-refractivity contribution in [3.05, 3.63) is 0 Å². The maximum atomic E-state index is 5.35. The van der Waals surface area contributed by atoms with Gasteiger partial charge in [0.25, 0.3) is 0 Å². The van der Waals surface area contributed by atoms with Crippen LogP contribution in [-0.4, -0.2) is 49.8 Å². The average molecular weight is 282 g/mol. The molecule has 0 aromatic heterocycles. The van der Waals surface area contributed by atoms with E-state index in [2.05, 4.69) is 31.0 Å². The van der Waals surface area contributed by atoms with Gasteiger partial charge >= 0.3 is 0 Å². The summed E-state index contributed by atoms with van der Waals surface area (Å²) in [6.07, 6.45) is 8.08. The van der Waals surface area contributed by atoms with Crippen LogP contribution in [0.3, 0.4) is 0 Å². The lowest BCUT2D eigenvalue weighted by molar-refractivity contribution is 0.0284. The number of nitrogens with zero attached hydrogens (tertiary/aromatic N) is 1. The van der Waals surface area contributed by atoms with Gasteiger partial charge in [-0.05, 0) is 44.1 Å². The molecule has 0 aromatic rings. The molecule has 2 aliphatic rings. The van der Waals surface area contributed by atoms with Gasteiger partial charge in [0, 0.05) is 31.8 Å². The van der Waals surface area contributed by atoms with Crippen molar-refractivity contribution in [1.82, 2.24) is 10.2 Å². The summed E-state index contributed by atoms with van der Waals surface area (Å²) in [5.74, 6) is 0. The van der Waals surface area contributed by atoms with Crippen molar-refractivity contribution in [2.45, 2.75) is 77.4 Å². The van der Waals surface area contributed by atoms with Crippen molar-refractivity contribution in [2.24, 2.45) is 5.41 Å². The molecular formula is C17H34N2O. The average Bonchev–Trinajstić information content (AvgIpc) is 3.22. The quantitative estimate of drug-likeness (QED) is 0.740. The Kier molecular flexibility index (Phi) is 5.88. The Morgan fingerprint density at radius 1 is 1.25 bits per heavy atom. The van der Waals surface area contributed by atoms with E-state index in [-0.39, 0.29) is 0 Å². The largest absolute Gasteiger partial charge is 0.383 e. The Hall–Kier alpha value is -0.120. The molecule has 0 saturated heterocycles. The highest BCUT2D eigenvalue weighted by molar-refractivity contribution is 5.01. The van der Waals surface area contributed by atoms with Gasteiger partial charge in [-0.25, -0.2) is 0 Å². The SMILES string of the molecule is CCCNC1C(N(CCOC)C2CC2)CCCC1(C)C. The van der Waals surface area contributed by atoms with Crippen molar-refractivity contribution >= 4 is 0 Å². The van der Waals surface area contributed by atoms with Crippen molar-refractivity contribution in [1.29, 1.82) is 0 Å². The van der Waals surface area contributed by atoms with Crippen LogP contribution >= 0.6 is 0 Å². The first-order chi connectivity index (χ1) is 9.60. The van der Waals surface area contributed by atoms with Crippen molar-refractivity contribution in [3.8, 4) is 0 Å². The lowest BCUT2D eigenvalue weighted by atomic mass is 9.70. The van der Waals surface area contributed by atoms with E-state index in [1.807, 2.05) is 7.11 Å². The van der Waals surface area contributed by atoms with Crippen LogP contribution in [0.25, 0.3) is 0 Å². The van der Waals surface area contributed by atoms with Gasteiger partial charge in [0.2, 0.25) is 0 Å². The van der Waals surface area contributed by atoms with Crippen LogP contribution < -0.4 is 5.32 Å². The van der Waals surface area contributed by atoms with Crippen molar-refractivity contribution < 1.29 is 4.74 Å². The molecule has 0 spiro atoms. The summed E-state index contributed by atoms with van der Waals surface area (Å²) in [4.78, 5) is 2.76. The van der Waals surface area contributed by atoms with Gasteiger partial charge < -0.3 is 10.1 Å². The molecule has 2 saturated carbocycles. The molecule has 2 atom stereocenters. The Bertz CT molecular complexity index is 289. The van der Waals surface area contributed by atoms with Crippen molar-refractivity contribution in [3.63, 3.8) is 0 Å². The van der Waals surface area contributed by atoms with Crippen LogP contribution in [0.4, 0.5) is 0 Å². The maximum Gasteiger partial charge on any atom is 0.0589 e. The zero-order chi connectivity index (χ0) is 14.6. The number of methoxy groups -OCH3 is 1. The number of nitrogens with one attached hydrogen (secondary N) is 1. The van der Waals surface area contributed by atoms with Crippen LogP contribution in [-0.2, 0) is 4.74 Å². The number of ether oxygens (including phenoxy) is 1. The Labute approximate surface area is 125 Å². The Balaban J connectivity index is 2.07. The van der Waals surface area contributed by atoms with E-state index >= 15 is 0 Å². The summed E-state index contributed by atoms with van der Waals surface area (Å²) in [7, 11) is 1.82. The first-order valence-corrected chi connectivity index (χ1v) is 8.58.